The third kappa shape index (κ3) is 2.78. The number of ether oxygens (including phenoxy) is 1. The zero-order chi connectivity index (χ0) is 16.7. The lowest BCUT2D eigenvalue weighted by Crippen LogP contribution is -2.39. The van der Waals surface area contributed by atoms with Crippen LogP contribution in [-0.4, -0.2) is 44.2 Å². The summed E-state index contributed by atoms with van der Waals surface area (Å²) < 4.78 is 9.98. The highest BCUT2D eigenvalue weighted by Gasteiger charge is 2.30. The maximum absolute atomic E-state index is 5.80. The zero-order valence-electron chi connectivity index (χ0n) is 15.0. The second kappa shape index (κ2) is 6.33. The van der Waals surface area contributed by atoms with Gasteiger partial charge in [0.2, 0.25) is 0 Å². The number of hydrogen-bond acceptors (Lipinski definition) is 4. The lowest BCUT2D eigenvalue weighted by atomic mass is 10.0. The molecule has 1 unspecified atom stereocenters. The third-order valence-electron chi connectivity index (χ3n) is 5.47. The minimum Gasteiger partial charge on any atom is -0.378 e. The monoisotopic (exact) mass is 329 g/mol. The Labute approximate surface area is 143 Å². The van der Waals surface area contributed by atoms with Gasteiger partial charge in [0.15, 0.2) is 0 Å². The number of morpholine rings is 1. The van der Waals surface area contributed by atoms with E-state index in [-0.39, 0.29) is 6.04 Å². The van der Waals surface area contributed by atoms with Crippen LogP contribution in [0.15, 0.2) is 6.07 Å². The van der Waals surface area contributed by atoms with Gasteiger partial charge >= 0.3 is 0 Å². The summed E-state index contributed by atoms with van der Waals surface area (Å²) in [5.41, 5.74) is 6.26. The van der Waals surface area contributed by atoms with E-state index in [4.69, 9.17) is 9.84 Å². The standard InChI is InChI=1S/C18H27N5O/c1-13-18(14(2)21(3)19-13)17-12-24-9-8-22(17)11-15-10-16-6-4-5-7-23(16)20-15/h10,17H,4-9,11-12H2,1-3H3. The van der Waals surface area contributed by atoms with E-state index in [1.165, 1.54) is 41.9 Å². The number of aryl methyl sites for hydroxylation is 4. The number of fused-ring (bicyclic) bond motifs is 1. The fraction of sp³-hybridized carbons (Fsp3) is 0.667. The van der Waals surface area contributed by atoms with Crippen molar-refractivity contribution in [3.63, 3.8) is 0 Å². The molecular formula is C18H27N5O. The molecule has 4 rings (SSSR count). The first-order chi connectivity index (χ1) is 11.6. The molecule has 130 valence electrons. The molecule has 6 nitrogen and oxygen atoms in total. The van der Waals surface area contributed by atoms with Gasteiger partial charge in [-0.15, -0.1) is 0 Å². The fourth-order valence-corrected chi connectivity index (χ4v) is 4.13. The Morgan fingerprint density at radius 1 is 1.21 bits per heavy atom. The third-order valence-corrected chi connectivity index (χ3v) is 5.47. The van der Waals surface area contributed by atoms with E-state index in [1.807, 2.05) is 11.7 Å². The molecule has 2 aliphatic rings. The molecule has 0 radical (unpaired) electrons. The van der Waals surface area contributed by atoms with Crippen molar-refractivity contribution >= 4 is 0 Å². The summed E-state index contributed by atoms with van der Waals surface area (Å²) in [5.74, 6) is 0. The van der Waals surface area contributed by atoms with Crippen molar-refractivity contribution in [1.82, 2.24) is 24.5 Å². The highest BCUT2D eigenvalue weighted by Crippen LogP contribution is 2.30. The molecular weight excluding hydrogens is 302 g/mol. The Bertz CT molecular complexity index is 709. The van der Waals surface area contributed by atoms with E-state index in [0.717, 1.165) is 38.5 Å². The van der Waals surface area contributed by atoms with Crippen LogP contribution in [0.3, 0.4) is 0 Å². The van der Waals surface area contributed by atoms with Gasteiger partial charge < -0.3 is 4.74 Å². The fourth-order valence-electron chi connectivity index (χ4n) is 4.13. The lowest BCUT2D eigenvalue weighted by Gasteiger charge is -2.35. The second-order valence-corrected chi connectivity index (χ2v) is 7.08. The Balaban J connectivity index is 1.59. The highest BCUT2D eigenvalue weighted by molar-refractivity contribution is 5.29. The van der Waals surface area contributed by atoms with Gasteiger partial charge in [-0.05, 0) is 39.2 Å². The van der Waals surface area contributed by atoms with Crippen molar-refractivity contribution < 1.29 is 4.74 Å². The normalized spacial score (nSPS) is 21.9. The van der Waals surface area contributed by atoms with E-state index < -0.39 is 0 Å². The van der Waals surface area contributed by atoms with Crippen molar-refractivity contribution in [2.45, 2.75) is 52.2 Å². The predicted octanol–water partition coefficient (Wildman–Crippen LogP) is 2.14. The topological polar surface area (TPSA) is 48.1 Å². The summed E-state index contributed by atoms with van der Waals surface area (Å²) in [7, 11) is 2.02. The van der Waals surface area contributed by atoms with Gasteiger partial charge in [0.25, 0.3) is 0 Å². The minimum absolute atomic E-state index is 0.270. The average Bonchev–Trinajstić information content (AvgIpc) is 3.09. The molecule has 24 heavy (non-hydrogen) atoms. The molecule has 0 N–H and O–H groups in total. The smallest absolute Gasteiger partial charge is 0.0767 e. The molecule has 0 amide bonds. The van der Waals surface area contributed by atoms with Crippen molar-refractivity contribution in [3.05, 3.63) is 34.4 Å². The van der Waals surface area contributed by atoms with E-state index in [2.05, 4.69) is 34.6 Å². The van der Waals surface area contributed by atoms with Gasteiger partial charge in [0.1, 0.15) is 0 Å². The van der Waals surface area contributed by atoms with Gasteiger partial charge in [-0.2, -0.15) is 10.2 Å². The molecule has 2 aromatic heterocycles. The first-order valence-corrected chi connectivity index (χ1v) is 9.01. The summed E-state index contributed by atoms with van der Waals surface area (Å²) in [6, 6.07) is 2.57. The second-order valence-electron chi connectivity index (χ2n) is 7.08. The van der Waals surface area contributed by atoms with Crippen LogP contribution in [0.1, 0.15) is 47.2 Å². The van der Waals surface area contributed by atoms with E-state index in [0.29, 0.717) is 0 Å². The van der Waals surface area contributed by atoms with Crippen molar-refractivity contribution in [1.29, 1.82) is 0 Å². The minimum atomic E-state index is 0.270. The van der Waals surface area contributed by atoms with Crippen LogP contribution in [0.25, 0.3) is 0 Å². The van der Waals surface area contributed by atoms with E-state index in [9.17, 15) is 0 Å². The molecule has 0 saturated carbocycles. The van der Waals surface area contributed by atoms with Crippen LogP contribution in [0, 0.1) is 13.8 Å². The lowest BCUT2D eigenvalue weighted by molar-refractivity contribution is -0.0138. The maximum Gasteiger partial charge on any atom is 0.0767 e. The Morgan fingerprint density at radius 3 is 2.83 bits per heavy atom. The maximum atomic E-state index is 5.80. The molecule has 1 fully saturated rings. The molecule has 0 aliphatic carbocycles. The SMILES string of the molecule is Cc1nn(C)c(C)c1C1COCCN1Cc1cc2n(n1)CCCC2. The van der Waals surface area contributed by atoms with Gasteiger partial charge in [0.05, 0.1) is 30.6 Å². The first kappa shape index (κ1) is 15.8. The van der Waals surface area contributed by atoms with Crippen LogP contribution in [0.5, 0.6) is 0 Å². The molecule has 0 spiro atoms. The van der Waals surface area contributed by atoms with Gasteiger partial charge in [-0.3, -0.25) is 14.3 Å². The Hall–Kier alpha value is -1.66. The zero-order valence-corrected chi connectivity index (χ0v) is 15.0. The van der Waals surface area contributed by atoms with Crippen LogP contribution >= 0.6 is 0 Å². The van der Waals surface area contributed by atoms with Crippen LogP contribution in [0.4, 0.5) is 0 Å². The molecule has 2 aromatic rings. The summed E-state index contributed by atoms with van der Waals surface area (Å²) in [6.07, 6.45) is 3.71. The highest BCUT2D eigenvalue weighted by atomic mass is 16.5. The van der Waals surface area contributed by atoms with Crippen molar-refractivity contribution in [3.8, 4) is 0 Å². The molecule has 0 bridgehead atoms. The summed E-state index contributed by atoms with van der Waals surface area (Å²) in [6.45, 7) is 8.69. The largest absolute Gasteiger partial charge is 0.378 e. The first-order valence-electron chi connectivity index (χ1n) is 9.01. The number of aromatic nitrogens is 4. The quantitative estimate of drug-likeness (QED) is 0.866. The molecule has 1 saturated heterocycles. The van der Waals surface area contributed by atoms with Gasteiger partial charge in [0, 0.05) is 43.6 Å². The summed E-state index contributed by atoms with van der Waals surface area (Å²) in [5, 5.41) is 9.43. The van der Waals surface area contributed by atoms with Crippen molar-refractivity contribution in [2.75, 3.05) is 19.8 Å². The van der Waals surface area contributed by atoms with Gasteiger partial charge in [-0.1, -0.05) is 0 Å². The van der Waals surface area contributed by atoms with Crippen molar-refractivity contribution in [2.24, 2.45) is 7.05 Å². The van der Waals surface area contributed by atoms with E-state index >= 15 is 0 Å². The predicted molar refractivity (Wildman–Crippen MR) is 91.8 cm³/mol. The van der Waals surface area contributed by atoms with Crippen LogP contribution in [0.2, 0.25) is 0 Å². The molecule has 2 aliphatic heterocycles. The average molecular weight is 329 g/mol. The summed E-state index contributed by atoms with van der Waals surface area (Å²) >= 11 is 0. The van der Waals surface area contributed by atoms with E-state index in [1.54, 1.807) is 0 Å². The molecule has 0 aromatic carbocycles. The van der Waals surface area contributed by atoms with Crippen LogP contribution < -0.4 is 0 Å². The number of rotatable bonds is 3. The molecule has 4 heterocycles. The summed E-state index contributed by atoms with van der Waals surface area (Å²) in [4.78, 5) is 2.51. The number of hydrogen-bond donors (Lipinski definition) is 0. The Morgan fingerprint density at radius 2 is 2.08 bits per heavy atom. The van der Waals surface area contributed by atoms with Crippen LogP contribution in [-0.2, 0) is 31.3 Å². The van der Waals surface area contributed by atoms with Gasteiger partial charge in [-0.25, -0.2) is 0 Å². The Kier molecular flexibility index (Phi) is 4.18. The number of nitrogens with zero attached hydrogens (tertiary/aromatic N) is 5. The molecule has 1 atom stereocenters. The molecule has 6 heteroatoms.